The molecule has 0 saturated carbocycles. The molecule has 1 aliphatic heterocycles. The Labute approximate surface area is 171 Å². The average Bonchev–Trinajstić information content (AvgIpc) is 2.62. The molecule has 154 valence electrons. The first-order valence-corrected chi connectivity index (χ1v) is 9.62. The van der Waals surface area contributed by atoms with E-state index in [1.807, 2.05) is 30.3 Å². The quantitative estimate of drug-likeness (QED) is 0.348. The van der Waals surface area contributed by atoms with Crippen LogP contribution in [0.5, 0.6) is 0 Å². The highest BCUT2D eigenvalue weighted by Crippen LogP contribution is 2.32. The van der Waals surface area contributed by atoms with Gasteiger partial charge in [0, 0.05) is 20.8 Å². The Balaban J connectivity index is 2.26. The number of rotatable bonds is 7. The monoisotopic (exact) mass is 458 g/mol. The second kappa shape index (κ2) is 10.5. The fourth-order valence-electron chi connectivity index (χ4n) is 2.81. The van der Waals surface area contributed by atoms with Gasteiger partial charge in [0.1, 0.15) is 18.8 Å². The third kappa shape index (κ3) is 6.57. The highest BCUT2D eigenvalue weighted by atomic mass is 79.9. The molecule has 1 aliphatic rings. The number of hydrogen-bond acceptors (Lipinski definition) is 8. The third-order valence-corrected chi connectivity index (χ3v) is 4.65. The van der Waals surface area contributed by atoms with Crippen molar-refractivity contribution in [2.75, 3.05) is 6.61 Å². The topological polar surface area (TPSA) is 97.4 Å². The van der Waals surface area contributed by atoms with Crippen molar-refractivity contribution in [1.29, 1.82) is 0 Å². The number of carbonyl (C=O) groups is 3. The summed E-state index contributed by atoms with van der Waals surface area (Å²) in [6.07, 6.45) is -3.46. The summed E-state index contributed by atoms with van der Waals surface area (Å²) in [5.74, 6) is -1.60. The molecule has 0 aromatic heterocycles. The molecule has 0 N–H and O–H groups in total. The van der Waals surface area contributed by atoms with Crippen LogP contribution in [0.2, 0.25) is 0 Å². The Morgan fingerprint density at radius 2 is 1.54 bits per heavy atom. The molecule has 0 spiro atoms. The van der Waals surface area contributed by atoms with Crippen molar-refractivity contribution < 1.29 is 38.1 Å². The van der Waals surface area contributed by atoms with Gasteiger partial charge in [-0.25, -0.2) is 0 Å². The molecule has 5 atom stereocenters. The molecule has 9 heteroatoms. The molecule has 1 fully saturated rings. The summed E-state index contributed by atoms with van der Waals surface area (Å²) in [6, 6.07) is 9.37. The molecule has 0 unspecified atom stereocenters. The van der Waals surface area contributed by atoms with Crippen molar-refractivity contribution in [2.45, 2.75) is 56.8 Å². The minimum absolute atomic E-state index is 0.145. The molecule has 1 aromatic rings. The molecule has 0 bridgehead atoms. The molecule has 8 nitrogen and oxygen atoms in total. The molecule has 0 amide bonds. The summed E-state index contributed by atoms with van der Waals surface area (Å²) in [7, 11) is 0. The van der Waals surface area contributed by atoms with Crippen molar-refractivity contribution in [1.82, 2.24) is 0 Å². The zero-order valence-corrected chi connectivity index (χ0v) is 17.4. The van der Waals surface area contributed by atoms with Crippen LogP contribution in [-0.2, 0) is 44.7 Å². The van der Waals surface area contributed by atoms with Crippen LogP contribution >= 0.6 is 15.9 Å². The zero-order chi connectivity index (χ0) is 20.7. The van der Waals surface area contributed by atoms with E-state index in [9.17, 15) is 14.4 Å². The third-order valence-electron chi connectivity index (χ3n) is 3.92. The lowest BCUT2D eigenvalue weighted by Gasteiger charge is -2.43. The predicted molar refractivity (Wildman–Crippen MR) is 100 cm³/mol. The Kier molecular flexibility index (Phi) is 8.40. The maximum Gasteiger partial charge on any atom is 0.303 e. The van der Waals surface area contributed by atoms with Gasteiger partial charge in [0.05, 0.1) is 6.61 Å². The van der Waals surface area contributed by atoms with Crippen LogP contribution in [0, 0.1) is 0 Å². The van der Waals surface area contributed by atoms with E-state index < -0.39 is 47.3 Å². The van der Waals surface area contributed by atoms with Crippen molar-refractivity contribution in [3.05, 3.63) is 35.9 Å². The summed E-state index contributed by atoms with van der Waals surface area (Å²) in [6.45, 7) is 3.83. The number of benzene rings is 1. The summed E-state index contributed by atoms with van der Waals surface area (Å²) in [5, 5.41) is -0.746. The van der Waals surface area contributed by atoms with Crippen molar-refractivity contribution in [2.24, 2.45) is 0 Å². The van der Waals surface area contributed by atoms with Gasteiger partial charge in [-0.1, -0.05) is 46.3 Å². The summed E-state index contributed by atoms with van der Waals surface area (Å²) in [4.78, 5) is 34.4. The predicted octanol–water partition coefficient (Wildman–Crippen LogP) is 2.12. The van der Waals surface area contributed by atoms with Gasteiger partial charge in [-0.2, -0.15) is 0 Å². The second-order valence-corrected chi connectivity index (χ2v) is 7.14. The van der Waals surface area contributed by atoms with Gasteiger partial charge < -0.3 is 23.7 Å². The first kappa shape index (κ1) is 22.3. The largest absolute Gasteiger partial charge is 0.463 e. The molecule has 1 heterocycles. The summed E-state index contributed by atoms with van der Waals surface area (Å²) in [5.41, 5.74) is 0.889. The zero-order valence-electron chi connectivity index (χ0n) is 15.8. The second-order valence-electron chi connectivity index (χ2n) is 6.24. The number of ether oxygens (including phenoxy) is 5. The van der Waals surface area contributed by atoms with Crippen LogP contribution in [0.25, 0.3) is 0 Å². The fourth-order valence-corrected chi connectivity index (χ4v) is 3.49. The van der Waals surface area contributed by atoms with Crippen molar-refractivity contribution in [3.8, 4) is 0 Å². The van der Waals surface area contributed by atoms with E-state index in [1.165, 1.54) is 20.8 Å². The fraction of sp³-hybridized carbons (Fsp3) is 0.526. The minimum atomic E-state index is -0.946. The van der Waals surface area contributed by atoms with Gasteiger partial charge in [-0.05, 0) is 5.56 Å². The van der Waals surface area contributed by atoms with Gasteiger partial charge in [-0.3, -0.25) is 14.4 Å². The van der Waals surface area contributed by atoms with Crippen molar-refractivity contribution in [3.63, 3.8) is 0 Å². The lowest BCUT2D eigenvalue weighted by atomic mass is 9.99. The molecule has 1 saturated heterocycles. The molecule has 1 aromatic carbocycles. The maximum atomic E-state index is 11.7. The SMILES string of the molecule is CC(=O)OC[C@@H]1O[C@H](Br)[C@@H](OC(C)=O)[C@H](OCc2ccccc2)[C@H]1OC(C)=O. The van der Waals surface area contributed by atoms with E-state index >= 15 is 0 Å². The Hall–Kier alpha value is -1.97. The Morgan fingerprint density at radius 1 is 0.929 bits per heavy atom. The lowest BCUT2D eigenvalue weighted by molar-refractivity contribution is -0.240. The van der Waals surface area contributed by atoms with Crippen molar-refractivity contribution >= 4 is 33.8 Å². The number of carbonyl (C=O) groups excluding carboxylic acids is 3. The van der Waals surface area contributed by atoms with Crippen LogP contribution in [0.15, 0.2) is 30.3 Å². The van der Waals surface area contributed by atoms with E-state index in [0.29, 0.717) is 0 Å². The van der Waals surface area contributed by atoms with E-state index in [1.54, 1.807) is 0 Å². The highest BCUT2D eigenvalue weighted by molar-refractivity contribution is 9.09. The van der Waals surface area contributed by atoms with Crippen LogP contribution in [-0.4, -0.2) is 53.9 Å². The first-order valence-electron chi connectivity index (χ1n) is 8.70. The van der Waals surface area contributed by atoms with Gasteiger partial charge in [0.15, 0.2) is 17.2 Å². The minimum Gasteiger partial charge on any atom is -0.463 e. The molecular formula is C19H23BrO8. The van der Waals surface area contributed by atoms with E-state index in [4.69, 9.17) is 23.7 Å². The van der Waals surface area contributed by atoms with Crippen LogP contribution in [0.3, 0.4) is 0 Å². The lowest BCUT2D eigenvalue weighted by Crippen LogP contribution is -2.60. The molecule has 28 heavy (non-hydrogen) atoms. The normalized spacial score (nSPS) is 26.9. The number of halogens is 1. The van der Waals surface area contributed by atoms with E-state index in [-0.39, 0.29) is 13.2 Å². The Morgan fingerprint density at radius 3 is 2.11 bits per heavy atom. The summed E-state index contributed by atoms with van der Waals surface area (Å²) >= 11 is 3.33. The average molecular weight is 459 g/mol. The van der Waals surface area contributed by atoms with Crippen LogP contribution < -0.4 is 0 Å². The standard InChI is InChI=1S/C19H23BrO8/c1-11(21)24-10-15-16(26-12(2)22)17(18(19(20)28-15)27-13(3)23)25-9-14-7-5-4-6-8-14/h4-8,15-19H,9-10H2,1-3H3/t15-,16-,17+,18-,19-/m0/s1. The smallest absolute Gasteiger partial charge is 0.303 e. The number of alkyl halides is 1. The van der Waals surface area contributed by atoms with E-state index in [0.717, 1.165) is 5.56 Å². The Bertz CT molecular complexity index is 680. The van der Waals surface area contributed by atoms with Gasteiger partial charge in [0.25, 0.3) is 0 Å². The number of hydrogen-bond donors (Lipinski definition) is 0. The highest BCUT2D eigenvalue weighted by Gasteiger charge is 2.50. The van der Waals surface area contributed by atoms with Gasteiger partial charge in [-0.15, -0.1) is 0 Å². The van der Waals surface area contributed by atoms with Crippen LogP contribution in [0.1, 0.15) is 26.3 Å². The summed E-state index contributed by atoms with van der Waals surface area (Å²) < 4.78 is 27.5. The first-order chi connectivity index (χ1) is 13.3. The molecular weight excluding hydrogens is 436 g/mol. The number of esters is 3. The molecule has 2 rings (SSSR count). The van der Waals surface area contributed by atoms with Gasteiger partial charge >= 0.3 is 17.9 Å². The molecule has 0 aliphatic carbocycles. The maximum absolute atomic E-state index is 11.7. The molecule has 0 radical (unpaired) electrons. The van der Waals surface area contributed by atoms with Gasteiger partial charge in [0.2, 0.25) is 0 Å². The van der Waals surface area contributed by atoms with Crippen LogP contribution in [0.4, 0.5) is 0 Å². The van der Waals surface area contributed by atoms with E-state index in [2.05, 4.69) is 15.9 Å².